The lowest BCUT2D eigenvalue weighted by atomic mass is 10.1. The number of rotatable bonds is 4. The van der Waals surface area contributed by atoms with Gasteiger partial charge in [-0.2, -0.15) is 5.10 Å². The van der Waals surface area contributed by atoms with Crippen molar-refractivity contribution in [1.82, 2.24) is 20.0 Å². The summed E-state index contributed by atoms with van der Waals surface area (Å²) in [6.45, 7) is 3.96. The maximum atomic E-state index is 12.7. The van der Waals surface area contributed by atoms with Crippen LogP contribution in [0.3, 0.4) is 0 Å². The molecule has 2 heterocycles. The molecule has 1 saturated heterocycles. The summed E-state index contributed by atoms with van der Waals surface area (Å²) in [5.41, 5.74) is 1.49. The van der Waals surface area contributed by atoms with E-state index in [0.29, 0.717) is 16.8 Å². The summed E-state index contributed by atoms with van der Waals surface area (Å²) in [5.74, 6) is -0.0787. The fraction of sp³-hybridized carbons (Fsp3) is 0.444. The maximum Gasteiger partial charge on any atom is 0.274 e. The van der Waals surface area contributed by atoms with E-state index >= 15 is 0 Å². The summed E-state index contributed by atoms with van der Waals surface area (Å²) in [4.78, 5) is 14.4. The van der Waals surface area contributed by atoms with Gasteiger partial charge in [-0.05, 0) is 50.1 Å². The van der Waals surface area contributed by atoms with Gasteiger partial charge < -0.3 is 10.2 Å². The first-order chi connectivity index (χ1) is 11.6. The molecular weight excluding hydrogens is 324 g/mol. The quantitative estimate of drug-likeness (QED) is 0.924. The SMILES string of the molecule is CC(c1cccc(Cl)c1)N(C)C(=O)c1ccn(C2CCCNC2)n1. The molecule has 1 N–H and O–H groups in total. The second-order valence-corrected chi connectivity index (χ2v) is 6.76. The molecule has 0 aliphatic carbocycles. The number of carbonyl (C=O) groups is 1. The monoisotopic (exact) mass is 346 g/mol. The zero-order valence-corrected chi connectivity index (χ0v) is 14.8. The van der Waals surface area contributed by atoms with Crippen LogP contribution in [-0.2, 0) is 0 Å². The van der Waals surface area contributed by atoms with Crippen LogP contribution >= 0.6 is 11.6 Å². The largest absolute Gasteiger partial charge is 0.334 e. The van der Waals surface area contributed by atoms with Gasteiger partial charge in [0.05, 0.1) is 12.1 Å². The summed E-state index contributed by atoms with van der Waals surface area (Å²) < 4.78 is 1.91. The fourth-order valence-corrected chi connectivity index (χ4v) is 3.26. The van der Waals surface area contributed by atoms with Gasteiger partial charge >= 0.3 is 0 Å². The van der Waals surface area contributed by atoms with Gasteiger partial charge in [0.2, 0.25) is 0 Å². The van der Waals surface area contributed by atoms with Crippen LogP contribution in [0.25, 0.3) is 0 Å². The van der Waals surface area contributed by atoms with E-state index in [4.69, 9.17) is 11.6 Å². The van der Waals surface area contributed by atoms with E-state index in [2.05, 4.69) is 10.4 Å². The fourth-order valence-electron chi connectivity index (χ4n) is 3.06. The van der Waals surface area contributed by atoms with Gasteiger partial charge in [-0.15, -0.1) is 0 Å². The molecule has 1 aliphatic heterocycles. The molecule has 0 bridgehead atoms. The number of piperidine rings is 1. The summed E-state index contributed by atoms with van der Waals surface area (Å²) >= 11 is 6.05. The average Bonchev–Trinajstić information content (AvgIpc) is 3.10. The van der Waals surface area contributed by atoms with Crippen molar-refractivity contribution in [3.05, 3.63) is 52.8 Å². The van der Waals surface area contributed by atoms with Gasteiger partial charge in [0.15, 0.2) is 0 Å². The normalized spacial score (nSPS) is 19.0. The Bertz CT molecular complexity index is 709. The molecule has 1 amide bonds. The van der Waals surface area contributed by atoms with E-state index in [1.807, 2.05) is 42.1 Å². The number of aromatic nitrogens is 2. The topological polar surface area (TPSA) is 50.2 Å². The highest BCUT2D eigenvalue weighted by atomic mass is 35.5. The number of nitrogens with zero attached hydrogens (tertiary/aromatic N) is 3. The molecule has 1 aromatic heterocycles. The summed E-state index contributed by atoms with van der Waals surface area (Å²) in [6, 6.07) is 9.66. The first kappa shape index (κ1) is 17.0. The first-order valence-electron chi connectivity index (χ1n) is 8.35. The number of hydrogen-bond donors (Lipinski definition) is 1. The first-order valence-corrected chi connectivity index (χ1v) is 8.72. The van der Waals surface area contributed by atoms with E-state index in [1.165, 1.54) is 0 Å². The molecule has 1 fully saturated rings. The average molecular weight is 347 g/mol. The lowest BCUT2D eigenvalue weighted by Crippen LogP contribution is -2.33. The predicted octanol–water partition coefficient (Wildman–Crippen LogP) is 3.29. The smallest absolute Gasteiger partial charge is 0.274 e. The number of nitrogens with one attached hydrogen (secondary N) is 1. The minimum atomic E-state index is -0.0787. The number of carbonyl (C=O) groups excluding carboxylic acids is 1. The molecular formula is C18H23ClN4O. The van der Waals surface area contributed by atoms with Crippen molar-refractivity contribution in [1.29, 1.82) is 0 Å². The van der Waals surface area contributed by atoms with Crippen molar-refractivity contribution in [2.75, 3.05) is 20.1 Å². The molecule has 2 aromatic rings. The molecule has 0 spiro atoms. The summed E-state index contributed by atoms with van der Waals surface area (Å²) in [6.07, 6.45) is 4.14. The molecule has 3 rings (SSSR count). The van der Waals surface area contributed by atoms with E-state index in [0.717, 1.165) is 31.5 Å². The Labute approximate surface area is 147 Å². The molecule has 1 aliphatic rings. The molecule has 0 radical (unpaired) electrons. The van der Waals surface area contributed by atoms with Gasteiger partial charge in [0, 0.05) is 24.8 Å². The van der Waals surface area contributed by atoms with Crippen molar-refractivity contribution in [3.63, 3.8) is 0 Å². The molecule has 5 nitrogen and oxygen atoms in total. The lowest BCUT2D eigenvalue weighted by Gasteiger charge is -2.25. The Morgan fingerprint density at radius 3 is 3.00 bits per heavy atom. The third-order valence-electron chi connectivity index (χ3n) is 4.70. The molecule has 24 heavy (non-hydrogen) atoms. The van der Waals surface area contributed by atoms with Gasteiger partial charge in [-0.1, -0.05) is 23.7 Å². The highest BCUT2D eigenvalue weighted by Gasteiger charge is 2.23. The summed E-state index contributed by atoms with van der Waals surface area (Å²) in [7, 11) is 1.80. The Hall–Kier alpha value is -1.85. The van der Waals surface area contributed by atoms with Gasteiger partial charge in [-0.3, -0.25) is 9.48 Å². The number of benzene rings is 1. The van der Waals surface area contributed by atoms with Crippen LogP contribution in [-0.4, -0.2) is 40.7 Å². The van der Waals surface area contributed by atoms with Crippen LogP contribution < -0.4 is 5.32 Å². The van der Waals surface area contributed by atoms with Crippen molar-refractivity contribution in [2.24, 2.45) is 0 Å². The number of halogens is 1. The second-order valence-electron chi connectivity index (χ2n) is 6.33. The maximum absolute atomic E-state index is 12.7. The zero-order chi connectivity index (χ0) is 17.1. The molecule has 1 aromatic carbocycles. The van der Waals surface area contributed by atoms with Gasteiger partial charge in [-0.25, -0.2) is 0 Å². The van der Waals surface area contributed by atoms with E-state index in [-0.39, 0.29) is 11.9 Å². The Kier molecular flexibility index (Phi) is 5.21. The number of hydrogen-bond acceptors (Lipinski definition) is 3. The van der Waals surface area contributed by atoms with Gasteiger partial charge in [0.25, 0.3) is 5.91 Å². The zero-order valence-electron chi connectivity index (χ0n) is 14.1. The van der Waals surface area contributed by atoms with Crippen molar-refractivity contribution >= 4 is 17.5 Å². The van der Waals surface area contributed by atoms with Crippen LogP contribution in [0.1, 0.15) is 47.9 Å². The van der Waals surface area contributed by atoms with Crippen LogP contribution in [0, 0.1) is 0 Å². The third kappa shape index (κ3) is 3.62. The molecule has 128 valence electrons. The van der Waals surface area contributed by atoms with Crippen LogP contribution in [0.2, 0.25) is 5.02 Å². The van der Waals surface area contributed by atoms with E-state index < -0.39 is 0 Å². The molecule has 6 heteroatoms. The standard InChI is InChI=1S/C18H23ClN4O/c1-13(14-5-3-6-15(19)11-14)22(2)18(24)17-8-10-23(21-17)16-7-4-9-20-12-16/h3,5-6,8,10-11,13,16,20H,4,7,9,12H2,1-2H3. The third-order valence-corrected chi connectivity index (χ3v) is 4.94. The minimum Gasteiger partial charge on any atom is -0.334 e. The Morgan fingerprint density at radius 2 is 2.29 bits per heavy atom. The van der Waals surface area contributed by atoms with Gasteiger partial charge in [0.1, 0.15) is 5.69 Å². The van der Waals surface area contributed by atoms with E-state index in [1.54, 1.807) is 18.0 Å². The molecule has 0 saturated carbocycles. The van der Waals surface area contributed by atoms with Crippen LogP contribution in [0.4, 0.5) is 0 Å². The highest BCUT2D eigenvalue weighted by molar-refractivity contribution is 6.30. The predicted molar refractivity (Wildman–Crippen MR) is 95.3 cm³/mol. The van der Waals surface area contributed by atoms with E-state index in [9.17, 15) is 4.79 Å². The number of amides is 1. The van der Waals surface area contributed by atoms with Crippen molar-refractivity contribution in [3.8, 4) is 0 Å². The Morgan fingerprint density at radius 1 is 1.46 bits per heavy atom. The highest BCUT2D eigenvalue weighted by Crippen LogP contribution is 2.23. The Balaban J connectivity index is 1.72. The second kappa shape index (κ2) is 7.36. The van der Waals surface area contributed by atoms with Crippen molar-refractivity contribution < 1.29 is 4.79 Å². The lowest BCUT2D eigenvalue weighted by molar-refractivity contribution is 0.0735. The van der Waals surface area contributed by atoms with Crippen LogP contribution in [0.5, 0.6) is 0 Å². The van der Waals surface area contributed by atoms with Crippen molar-refractivity contribution in [2.45, 2.75) is 31.8 Å². The molecule has 2 unspecified atom stereocenters. The summed E-state index contributed by atoms with van der Waals surface area (Å²) in [5, 5.41) is 8.55. The minimum absolute atomic E-state index is 0.0716. The van der Waals surface area contributed by atoms with Crippen LogP contribution in [0.15, 0.2) is 36.5 Å². The molecule has 2 atom stereocenters.